The molecule has 6 heteroatoms. The van der Waals surface area contributed by atoms with Gasteiger partial charge in [0, 0.05) is 12.2 Å². The monoisotopic (exact) mass is 299 g/mol. The number of hydrogen-bond donors (Lipinski definition) is 3. The van der Waals surface area contributed by atoms with Crippen LogP contribution >= 0.6 is 0 Å². The van der Waals surface area contributed by atoms with Crippen molar-refractivity contribution >= 4 is 23.0 Å². The maximum absolute atomic E-state index is 12.2. The molecular weight excluding hydrogens is 278 g/mol. The summed E-state index contributed by atoms with van der Waals surface area (Å²) in [6.07, 6.45) is 9.66. The number of aromatic amines is 1. The lowest BCUT2D eigenvalue weighted by Crippen LogP contribution is -2.45. The number of carbonyl (C=O) groups excluding carboxylic acids is 1. The highest BCUT2D eigenvalue weighted by Crippen LogP contribution is 2.57. The number of nitrogens with one attached hydrogen (secondary N) is 3. The van der Waals surface area contributed by atoms with E-state index in [9.17, 15) is 4.79 Å². The van der Waals surface area contributed by atoms with Crippen LogP contribution in [0.25, 0.3) is 11.2 Å². The third-order valence-electron chi connectivity index (χ3n) is 5.25. The molecular formula is C16H21N5O. The van der Waals surface area contributed by atoms with Crippen molar-refractivity contribution in [3.63, 3.8) is 0 Å². The Morgan fingerprint density at radius 1 is 1.41 bits per heavy atom. The van der Waals surface area contributed by atoms with Crippen molar-refractivity contribution in [1.82, 2.24) is 20.3 Å². The second-order valence-electron chi connectivity index (χ2n) is 6.89. The molecule has 0 aromatic carbocycles. The highest BCUT2D eigenvalue weighted by molar-refractivity contribution is 5.89. The zero-order valence-electron chi connectivity index (χ0n) is 12.7. The van der Waals surface area contributed by atoms with Crippen LogP contribution in [0.4, 0.5) is 10.6 Å². The Morgan fingerprint density at radius 2 is 2.27 bits per heavy atom. The zero-order valence-corrected chi connectivity index (χ0v) is 12.7. The van der Waals surface area contributed by atoms with Crippen molar-refractivity contribution in [1.29, 1.82) is 0 Å². The summed E-state index contributed by atoms with van der Waals surface area (Å²) >= 11 is 0. The van der Waals surface area contributed by atoms with Crippen LogP contribution in [0.3, 0.4) is 0 Å². The minimum Gasteiger partial charge on any atom is -0.345 e. The average molecular weight is 299 g/mol. The number of nitrogens with zero attached hydrogens (tertiary/aromatic N) is 2. The smallest absolute Gasteiger partial charge is 0.320 e. The molecule has 116 valence electrons. The Labute approximate surface area is 129 Å². The van der Waals surface area contributed by atoms with Crippen LogP contribution in [0, 0.1) is 11.3 Å². The summed E-state index contributed by atoms with van der Waals surface area (Å²) in [5.74, 6) is 1.02. The van der Waals surface area contributed by atoms with Gasteiger partial charge in [0.1, 0.15) is 5.52 Å². The van der Waals surface area contributed by atoms with Crippen molar-refractivity contribution < 1.29 is 4.79 Å². The van der Waals surface area contributed by atoms with E-state index >= 15 is 0 Å². The molecule has 0 bridgehead atoms. The van der Waals surface area contributed by atoms with Gasteiger partial charge in [0.25, 0.3) is 0 Å². The normalized spacial score (nSPS) is 26.0. The molecule has 2 fully saturated rings. The molecule has 2 unspecified atom stereocenters. The first kappa shape index (κ1) is 13.5. The first-order valence-corrected chi connectivity index (χ1v) is 8.01. The number of urea groups is 1. The predicted molar refractivity (Wildman–Crippen MR) is 84.5 cm³/mol. The maximum Gasteiger partial charge on any atom is 0.320 e. The minimum absolute atomic E-state index is 0.182. The topological polar surface area (TPSA) is 82.7 Å². The largest absolute Gasteiger partial charge is 0.345 e. The summed E-state index contributed by atoms with van der Waals surface area (Å²) in [5.41, 5.74) is 2.01. The number of fused-ring (bicyclic) bond motifs is 1. The van der Waals surface area contributed by atoms with Crippen LogP contribution in [0.1, 0.15) is 39.0 Å². The third-order valence-corrected chi connectivity index (χ3v) is 5.25. The molecule has 2 saturated carbocycles. The van der Waals surface area contributed by atoms with E-state index < -0.39 is 0 Å². The van der Waals surface area contributed by atoms with E-state index in [0.717, 1.165) is 17.6 Å². The summed E-state index contributed by atoms with van der Waals surface area (Å²) in [7, 11) is 0. The maximum atomic E-state index is 12.2. The number of hydrogen-bond acceptors (Lipinski definition) is 3. The van der Waals surface area contributed by atoms with Crippen LogP contribution in [-0.4, -0.2) is 27.0 Å². The van der Waals surface area contributed by atoms with Crippen molar-refractivity contribution in [2.24, 2.45) is 11.3 Å². The molecule has 4 rings (SSSR count). The van der Waals surface area contributed by atoms with Gasteiger partial charge in [-0.05, 0) is 49.5 Å². The Hall–Kier alpha value is -2.11. The summed E-state index contributed by atoms with van der Waals surface area (Å²) < 4.78 is 0. The summed E-state index contributed by atoms with van der Waals surface area (Å²) in [4.78, 5) is 23.8. The Kier molecular flexibility index (Phi) is 3.06. The van der Waals surface area contributed by atoms with Gasteiger partial charge < -0.3 is 10.3 Å². The van der Waals surface area contributed by atoms with Gasteiger partial charge in [-0.2, -0.15) is 0 Å². The van der Waals surface area contributed by atoms with Gasteiger partial charge in [-0.25, -0.2) is 14.8 Å². The number of amides is 2. The number of carbonyl (C=O) groups is 1. The fourth-order valence-electron chi connectivity index (χ4n) is 3.54. The van der Waals surface area contributed by atoms with E-state index in [0.29, 0.717) is 17.2 Å². The lowest BCUT2D eigenvalue weighted by Gasteiger charge is -2.35. The van der Waals surface area contributed by atoms with Gasteiger partial charge in [-0.15, -0.1) is 0 Å². The van der Waals surface area contributed by atoms with Crippen molar-refractivity contribution in [3.05, 3.63) is 18.5 Å². The minimum atomic E-state index is -0.182. The second kappa shape index (κ2) is 4.97. The molecule has 2 aliphatic carbocycles. The molecule has 2 atom stereocenters. The highest BCUT2D eigenvalue weighted by Gasteiger charge is 2.47. The van der Waals surface area contributed by atoms with E-state index in [-0.39, 0.29) is 12.1 Å². The van der Waals surface area contributed by atoms with Crippen LogP contribution in [0.15, 0.2) is 18.5 Å². The SMILES string of the molecule is CC1CCC2(CC2)CC1NC(=O)Nc1cnc2[nH]ccc2n1. The quantitative estimate of drug-likeness (QED) is 0.797. The van der Waals surface area contributed by atoms with Gasteiger partial charge in [-0.1, -0.05) is 6.92 Å². The van der Waals surface area contributed by atoms with Crippen molar-refractivity contribution in [2.45, 2.75) is 45.1 Å². The second-order valence-corrected chi connectivity index (χ2v) is 6.89. The first-order valence-electron chi connectivity index (χ1n) is 8.01. The third kappa shape index (κ3) is 2.53. The molecule has 0 saturated heterocycles. The van der Waals surface area contributed by atoms with E-state index in [4.69, 9.17) is 0 Å². The molecule has 0 aliphatic heterocycles. The molecule has 1 spiro atoms. The van der Waals surface area contributed by atoms with Gasteiger partial charge in [0.05, 0.1) is 6.20 Å². The van der Waals surface area contributed by atoms with E-state index in [1.165, 1.54) is 25.7 Å². The average Bonchev–Trinajstić information content (AvgIpc) is 3.07. The van der Waals surface area contributed by atoms with Gasteiger partial charge >= 0.3 is 6.03 Å². The molecule has 2 aromatic heterocycles. The molecule has 6 nitrogen and oxygen atoms in total. The lowest BCUT2D eigenvalue weighted by atomic mass is 9.77. The van der Waals surface area contributed by atoms with E-state index in [1.807, 2.05) is 6.07 Å². The Morgan fingerprint density at radius 3 is 3.09 bits per heavy atom. The fourth-order valence-corrected chi connectivity index (χ4v) is 3.54. The first-order chi connectivity index (χ1) is 10.6. The van der Waals surface area contributed by atoms with Gasteiger partial charge in [-0.3, -0.25) is 5.32 Å². The molecule has 2 heterocycles. The molecule has 2 aliphatic rings. The summed E-state index contributed by atoms with van der Waals surface area (Å²) in [6, 6.07) is 1.92. The molecule has 22 heavy (non-hydrogen) atoms. The number of rotatable bonds is 2. The summed E-state index contributed by atoms with van der Waals surface area (Å²) in [5, 5.41) is 5.93. The van der Waals surface area contributed by atoms with Crippen LogP contribution in [-0.2, 0) is 0 Å². The number of anilines is 1. The lowest BCUT2D eigenvalue weighted by molar-refractivity contribution is 0.198. The van der Waals surface area contributed by atoms with Crippen molar-refractivity contribution in [2.75, 3.05) is 5.32 Å². The Balaban J connectivity index is 1.41. The van der Waals surface area contributed by atoms with Crippen LogP contribution in [0.2, 0.25) is 0 Å². The van der Waals surface area contributed by atoms with Gasteiger partial charge in [0.15, 0.2) is 11.5 Å². The molecule has 0 radical (unpaired) electrons. The fraction of sp³-hybridized carbons (Fsp3) is 0.562. The van der Waals surface area contributed by atoms with Crippen molar-refractivity contribution in [3.8, 4) is 0 Å². The zero-order chi connectivity index (χ0) is 15.2. The standard InChI is InChI=1S/C16H21N5O/c1-10-2-4-16(5-6-16)8-12(10)20-15(22)21-13-9-18-14-11(19-13)3-7-17-14/h3,7,9-10,12H,2,4-6,8H2,1H3,(H,17,18)(H2,19,20,21,22). The number of aromatic nitrogens is 3. The molecule has 2 amide bonds. The van der Waals surface area contributed by atoms with E-state index in [1.54, 1.807) is 12.4 Å². The molecule has 3 N–H and O–H groups in total. The molecule has 2 aromatic rings. The van der Waals surface area contributed by atoms with Crippen LogP contribution < -0.4 is 10.6 Å². The van der Waals surface area contributed by atoms with Crippen LogP contribution in [0.5, 0.6) is 0 Å². The Bertz CT molecular complexity index is 705. The summed E-state index contributed by atoms with van der Waals surface area (Å²) in [6.45, 7) is 2.23. The van der Waals surface area contributed by atoms with Gasteiger partial charge in [0.2, 0.25) is 0 Å². The highest BCUT2D eigenvalue weighted by atomic mass is 16.2. The van der Waals surface area contributed by atoms with E-state index in [2.05, 4.69) is 32.5 Å². The predicted octanol–water partition coefficient (Wildman–Crippen LogP) is 3.05. The number of H-pyrrole nitrogens is 1.